The average molecular weight is 324 g/mol. The van der Waals surface area contributed by atoms with Crippen LogP contribution in [-0.4, -0.2) is 26.7 Å². The fourth-order valence-electron chi connectivity index (χ4n) is 1.90. The van der Waals surface area contributed by atoms with Crippen LogP contribution in [-0.2, 0) is 11.3 Å². The standard InChI is InChI=1S/C15H21N5O.ClH/c1-15(2,3)13(16)14(21)18-8-11-6-4-5-7-12(11)20-10-17-9-19-20;/h4-7,9-10,13H,8,16H2,1-3H3,(H,18,21);1H/t13-;/m1./s1. The maximum Gasteiger partial charge on any atom is 0.237 e. The predicted octanol–water partition coefficient (Wildman–Crippen LogP) is 1.68. The van der Waals surface area contributed by atoms with Gasteiger partial charge in [0.05, 0.1) is 11.7 Å². The Hall–Kier alpha value is -1.92. The summed E-state index contributed by atoms with van der Waals surface area (Å²) in [7, 11) is 0. The van der Waals surface area contributed by atoms with E-state index < -0.39 is 6.04 Å². The highest BCUT2D eigenvalue weighted by atomic mass is 35.5. The second-order valence-electron chi connectivity index (χ2n) is 6.03. The molecule has 2 rings (SSSR count). The molecule has 3 N–H and O–H groups in total. The van der Waals surface area contributed by atoms with Crippen molar-refractivity contribution in [2.75, 3.05) is 0 Å². The Balaban J connectivity index is 0.00000242. The fourth-order valence-corrected chi connectivity index (χ4v) is 1.90. The van der Waals surface area contributed by atoms with E-state index in [1.165, 1.54) is 6.33 Å². The molecule has 0 unspecified atom stereocenters. The van der Waals surface area contributed by atoms with Gasteiger partial charge in [-0.25, -0.2) is 9.67 Å². The highest BCUT2D eigenvalue weighted by Crippen LogP contribution is 2.18. The minimum atomic E-state index is -0.545. The minimum Gasteiger partial charge on any atom is -0.351 e. The molecule has 7 heteroatoms. The maximum absolute atomic E-state index is 12.1. The first-order valence-electron chi connectivity index (χ1n) is 6.86. The van der Waals surface area contributed by atoms with Crippen molar-refractivity contribution in [2.45, 2.75) is 33.4 Å². The van der Waals surface area contributed by atoms with E-state index in [4.69, 9.17) is 5.73 Å². The molecule has 0 aliphatic heterocycles. The molecular weight excluding hydrogens is 302 g/mol. The Morgan fingerprint density at radius 3 is 2.64 bits per heavy atom. The van der Waals surface area contributed by atoms with Gasteiger partial charge in [-0.05, 0) is 17.0 Å². The third-order valence-electron chi connectivity index (χ3n) is 3.33. The van der Waals surface area contributed by atoms with Crippen LogP contribution in [0.15, 0.2) is 36.9 Å². The van der Waals surface area contributed by atoms with Gasteiger partial charge in [-0.3, -0.25) is 4.79 Å². The van der Waals surface area contributed by atoms with Crippen molar-refractivity contribution >= 4 is 18.3 Å². The molecule has 1 aromatic heterocycles. The molecule has 2 aromatic rings. The fraction of sp³-hybridized carbons (Fsp3) is 0.400. The Morgan fingerprint density at radius 2 is 2.05 bits per heavy atom. The number of carbonyl (C=O) groups excluding carboxylic acids is 1. The summed E-state index contributed by atoms with van der Waals surface area (Å²) in [6.07, 6.45) is 3.10. The molecule has 0 bridgehead atoms. The highest BCUT2D eigenvalue weighted by molar-refractivity contribution is 5.85. The molecule has 1 amide bonds. The van der Waals surface area contributed by atoms with E-state index in [9.17, 15) is 4.79 Å². The minimum absolute atomic E-state index is 0. The predicted molar refractivity (Wildman–Crippen MR) is 87.9 cm³/mol. The van der Waals surface area contributed by atoms with Crippen LogP contribution in [0.5, 0.6) is 0 Å². The lowest BCUT2D eigenvalue weighted by atomic mass is 9.87. The van der Waals surface area contributed by atoms with Gasteiger partial charge < -0.3 is 11.1 Å². The summed E-state index contributed by atoms with van der Waals surface area (Å²) in [4.78, 5) is 16.0. The largest absolute Gasteiger partial charge is 0.351 e. The van der Waals surface area contributed by atoms with Gasteiger partial charge in [0, 0.05) is 6.54 Å². The Bertz CT molecular complexity index is 607. The SMILES string of the molecule is CC(C)(C)[C@H](N)C(=O)NCc1ccccc1-n1cncn1.Cl. The van der Waals surface area contributed by atoms with E-state index >= 15 is 0 Å². The van der Waals surface area contributed by atoms with E-state index in [1.54, 1.807) is 11.0 Å². The summed E-state index contributed by atoms with van der Waals surface area (Å²) in [6, 6.07) is 7.17. The summed E-state index contributed by atoms with van der Waals surface area (Å²) in [5, 5.41) is 7.00. The van der Waals surface area contributed by atoms with Crippen molar-refractivity contribution in [1.29, 1.82) is 0 Å². The van der Waals surface area contributed by atoms with Crippen LogP contribution in [0.25, 0.3) is 5.69 Å². The molecular formula is C15H22ClN5O. The van der Waals surface area contributed by atoms with E-state index in [-0.39, 0.29) is 23.7 Å². The molecule has 0 aliphatic carbocycles. The van der Waals surface area contributed by atoms with E-state index in [0.717, 1.165) is 11.3 Å². The summed E-state index contributed by atoms with van der Waals surface area (Å²) in [5.74, 6) is -0.157. The topological polar surface area (TPSA) is 85.8 Å². The molecule has 1 atom stereocenters. The molecule has 22 heavy (non-hydrogen) atoms. The Labute approximate surface area is 136 Å². The van der Waals surface area contributed by atoms with Gasteiger partial charge in [-0.2, -0.15) is 5.10 Å². The van der Waals surface area contributed by atoms with E-state index in [1.807, 2.05) is 45.0 Å². The number of halogens is 1. The van der Waals surface area contributed by atoms with Gasteiger partial charge in [0.25, 0.3) is 0 Å². The molecule has 120 valence electrons. The third kappa shape index (κ3) is 4.29. The zero-order valence-electron chi connectivity index (χ0n) is 13.0. The first-order valence-corrected chi connectivity index (χ1v) is 6.86. The third-order valence-corrected chi connectivity index (χ3v) is 3.33. The second kappa shape index (κ2) is 7.38. The van der Waals surface area contributed by atoms with Crippen molar-refractivity contribution in [2.24, 2.45) is 11.1 Å². The highest BCUT2D eigenvalue weighted by Gasteiger charge is 2.27. The molecule has 1 heterocycles. The molecule has 0 saturated carbocycles. The van der Waals surface area contributed by atoms with Crippen LogP contribution in [0.1, 0.15) is 26.3 Å². The monoisotopic (exact) mass is 323 g/mol. The molecule has 0 spiro atoms. The van der Waals surface area contributed by atoms with Crippen LogP contribution in [0, 0.1) is 5.41 Å². The molecule has 1 aromatic carbocycles. The number of nitrogens with zero attached hydrogens (tertiary/aromatic N) is 3. The quantitative estimate of drug-likeness (QED) is 0.896. The Morgan fingerprint density at radius 1 is 1.36 bits per heavy atom. The molecule has 6 nitrogen and oxygen atoms in total. The van der Waals surface area contributed by atoms with Gasteiger partial charge in [-0.1, -0.05) is 39.0 Å². The first-order chi connectivity index (χ1) is 9.89. The van der Waals surface area contributed by atoms with E-state index in [2.05, 4.69) is 15.4 Å². The number of hydrogen-bond acceptors (Lipinski definition) is 4. The Kier molecular flexibility index (Phi) is 6.08. The van der Waals surface area contributed by atoms with Crippen LogP contribution in [0.2, 0.25) is 0 Å². The first kappa shape index (κ1) is 18.1. The van der Waals surface area contributed by atoms with Crippen molar-refractivity contribution in [1.82, 2.24) is 20.1 Å². The normalized spacial score (nSPS) is 12.4. The number of para-hydroxylation sites is 1. The van der Waals surface area contributed by atoms with Crippen LogP contribution >= 0.6 is 12.4 Å². The number of nitrogens with two attached hydrogens (primary N) is 1. The molecule has 0 fully saturated rings. The van der Waals surface area contributed by atoms with Gasteiger partial charge in [0.2, 0.25) is 5.91 Å². The van der Waals surface area contributed by atoms with Gasteiger partial charge in [0.15, 0.2) is 0 Å². The lowest BCUT2D eigenvalue weighted by Gasteiger charge is -2.26. The van der Waals surface area contributed by atoms with Crippen LogP contribution in [0.4, 0.5) is 0 Å². The van der Waals surface area contributed by atoms with Crippen molar-refractivity contribution < 1.29 is 4.79 Å². The smallest absolute Gasteiger partial charge is 0.237 e. The zero-order chi connectivity index (χ0) is 15.5. The number of carbonyl (C=O) groups is 1. The summed E-state index contributed by atoms with van der Waals surface area (Å²) < 4.78 is 1.67. The zero-order valence-corrected chi connectivity index (χ0v) is 13.8. The average Bonchev–Trinajstić information content (AvgIpc) is 2.97. The number of aromatic nitrogens is 3. The summed E-state index contributed by atoms with van der Waals surface area (Å²) in [6.45, 7) is 6.24. The van der Waals surface area contributed by atoms with Gasteiger partial charge in [0.1, 0.15) is 12.7 Å². The summed E-state index contributed by atoms with van der Waals surface area (Å²) >= 11 is 0. The number of rotatable bonds is 4. The van der Waals surface area contributed by atoms with Crippen molar-refractivity contribution in [3.63, 3.8) is 0 Å². The molecule has 0 aliphatic rings. The number of benzene rings is 1. The lowest BCUT2D eigenvalue weighted by Crippen LogP contribution is -2.48. The number of hydrogen-bond donors (Lipinski definition) is 2. The number of nitrogens with one attached hydrogen (secondary N) is 1. The van der Waals surface area contributed by atoms with E-state index in [0.29, 0.717) is 6.54 Å². The second-order valence-corrected chi connectivity index (χ2v) is 6.03. The van der Waals surface area contributed by atoms with Crippen molar-refractivity contribution in [3.8, 4) is 5.69 Å². The van der Waals surface area contributed by atoms with Crippen molar-refractivity contribution in [3.05, 3.63) is 42.5 Å². The molecule has 0 radical (unpaired) electrons. The van der Waals surface area contributed by atoms with Gasteiger partial charge in [-0.15, -0.1) is 12.4 Å². The number of amides is 1. The van der Waals surface area contributed by atoms with Crippen LogP contribution < -0.4 is 11.1 Å². The molecule has 0 saturated heterocycles. The van der Waals surface area contributed by atoms with Gasteiger partial charge >= 0.3 is 0 Å². The van der Waals surface area contributed by atoms with Crippen LogP contribution in [0.3, 0.4) is 0 Å². The summed E-state index contributed by atoms with van der Waals surface area (Å²) in [5.41, 5.74) is 7.53. The maximum atomic E-state index is 12.1. The lowest BCUT2D eigenvalue weighted by molar-refractivity contribution is -0.124.